The monoisotopic (exact) mass is 465 g/mol. The Morgan fingerprint density at radius 3 is 2.45 bits per heavy atom. The molecule has 3 aromatic rings. The first kappa shape index (κ1) is 21.7. The van der Waals surface area contributed by atoms with Crippen molar-refractivity contribution in [2.75, 3.05) is 18.8 Å². The van der Waals surface area contributed by atoms with Gasteiger partial charge in [-0.25, -0.2) is 16.8 Å². The smallest absolute Gasteiger partial charge is 0.276 e. The van der Waals surface area contributed by atoms with Crippen molar-refractivity contribution in [1.82, 2.24) is 24.5 Å². The number of rotatable bonds is 9. The van der Waals surface area contributed by atoms with Crippen molar-refractivity contribution < 1.29 is 21.3 Å². The summed E-state index contributed by atoms with van der Waals surface area (Å²) in [5.74, 6) is 0.237. The number of sulfone groups is 1. The van der Waals surface area contributed by atoms with Gasteiger partial charge < -0.3 is 4.42 Å². The number of nitrogens with zero attached hydrogens (tertiary/aromatic N) is 5. The molecule has 0 atom stereocenters. The standard InChI is InChI=1S/C19H23N5O5S2/c25-30(26,14-6-9-18-20-21-22-24(18)16-7-2-1-3-8-16)15-17-10-11-19(29-17)31(27,28)23-12-4-5-13-23/h1-3,7-8,10-11H,4-6,9,12-15H2. The van der Waals surface area contributed by atoms with Gasteiger partial charge in [-0.3, -0.25) is 0 Å². The quantitative estimate of drug-likeness (QED) is 0.466. The molecule has 166 valence electrons. The summed E-state index contributed by atoms with van der Waals surface area (Å²) in [5.41, 5.74) is 0.799. The molecule has 31 heavy (non-hydrogen) atoms. The second-order valence-electron chi connectivity index (χ2n) is 7.37. The molecule has 1 fully saturated rings. The van der Waals surface area contributed by atoms with Crippen LogP contribution in [0.15, 0.2) is 52.0 Å². The molecule has 4 rings (SSSR count). The average Bonchev–Trinajstić information content (AvgIpc) is 3.50. The van der Waals surface area contributed by atoms with E-state index in [0.29, 0.717) is 31.8 Å². The van der Waals surface area contributed by atoms with Gasteiger partial charge in [-0.05, 0) is 54.0 Å². The Kier molecular flexibility index (Phi) is 6.21. The molecule has 0 unspecified atom stereocenters. The predicted octanol–water partition coefficient (Wildman–Crippen LogP) is 1.59. The highest BCUT2D eigenvalue weighted by Crippen LogP contribution is 2.23. The number of benzene rings is 1. The van der Waals surface area contributed by atoms with E-state index in [0.717, 1.165) is 18.5 Å². The minimum absolute atomic E-state index is 0.0937. The second-order valence-corrected chi connectivity index (χ2v) is 11.4. The number of hydrogen-bond donors (Lipinski definition) is 0. The highest BCUT2D eigenvalue weighted by Gasteiger charge is 2.30. The summed E-state index contributed by atoms with van der Waals surface area (Å²) >= 11 is 0. The molecule has 1 aliphatic rings. The maximum Gasteiger partial charge on any atom is 0.276 e. The minimum Gasteiger partial charge on any atom is -0.447 e. The molecule has 12 heteroatoms. The van der Waals surface area contributed by atoms with E-state index in [-0.39, 0.29) is 22.4 Å². The molecule has 0 bridgehead atoms. The number of tetrazole rings is 1. The lowest BCUT2D eigenvalue weighted by atomic mass is 10.3. The van der Waals surface area contributed by atoms with Gasteiger partial charge in [0.1, 0.15) is 11.5 Å². The molecule has 0 amide bonds. The first-order chi connectivity index (χ1) is 14.9. The molecule has 3 heterocycles. The molecule has 0 saturated carbocycles. The Labute approximate surface area is 180 Å². The lowest BCUT2D eigenvalue weighted by Crippen LogP contribution is -2.27. The summed E-state index contributed by atoms with van der Waals surface area (Å²) in [4.78, 5) is 0. The maximum atomic E-state index is 12.5. The first-order valence-electron chi connectivity index (χ1n) is 9.97. The van der Waals surface area contributed by atoms with Crippen LogP contribution >= 0.6 is 0 Å². The van der Waals surface area contributed by atoms with Gasteiger partial charge in [-0.1, -0.05) is 18.2 Å². The van der Waals surface area contributed by atoms with E-state index >= 15 is 0 Å². The van der Waals surface area contributed by atoms with Crippen LogP contribution in [0, 0.1) is 0 Å². The van der Waals surface area contributed by atoms with Crippen molar-refractivity contribution in [1.29, 1.82) is 0 Å². The van der Waals surface area contributed by atoms with Crippen LogP contribution in [0.25, 0.3) is 5.69 Å². The largest absolute Gasteiger partial charge is 0.447 e. The van der Waals surface area contributed by atoms with E-state index in [4.69, 9.17) is 4.42 Å². The Balaban J connectivity index is 1.36. The number of furan rings is 1. The van der Waals surface area contributed by atoms with Gasteiger partial charge in [0, 0.05) is 19.5 Å². The highest BCUT2D eigenvalue weighted by molar-refractivity contribution is 7.90. The summed E-state index contributed by atoms with van der Waals surface area (Å²) in [7, 11) is -7.20. The third-order valence-corrected chi connectivity index (χ3v) is 8.46. The number of sulfonamides is 1. The number of aryl methyl sites for hydroxylation is 1. The Hall–Kier alpha value is -2.57. The lowest BCUT2D eigenvalue weighted by Gasteiger charge is -2.12. The van der Waals surface area contributed by atoms with E-state index in [1.165, 1.54) is 16.4 Å². The summed E-state index contributed by atoms with van der Waals surface area (Å²) in [6.45, 7) is 0.915. The second kappa shape index (κ2) is 8.89. The van der Waals surface area contributed by atoms with Crippen LogP contribution in [-0.4, -0.2) is 60.2 Å². The SMILES string of the molecule is O=S(=O)(CCCc1nnnn1-c1ccccc1)Cc1ccc(S(=O)(=O)N2CCCC2)o1. The molecule has 1 saturated heterocycles. The fourth-order valence-electron chi connectivity index (χ4n) is 3.50. The van der Waals surface area contributed by atoms with E-state index in [2.05, 4.69) is 15.5 Å². The molecule has 1 aromatic carbocycles. The zero-order chi connectivity index (χ0) is 21.9. The number of para-hydroxylation sites is 1. The van der Waals surface area contributed by atoms with Crippen LogP contribution in [0.4, 0.5) is 0 Å². The fourth-order valence-corrected chi connectivity index (χ4v) is 6.26. The summed E-state index contributed by atoms with van der Waals surface area (Å²) < 4.78 is 58.4. The zero-order valence-electron chi connectivity index (χ0n) is 16.8. The summed E-state index contributed by atoms with van der Waals surface area (Å²) in [6.07, 6.45) is 2.34. The number of hydrogen-bond acceptors (Lipinski definition) is 8. The average molecular weight is 466 g/mol. The molecular weight excluding hydrogens is 442 g/mol. The van der Waals surface area contributed by atoms with E-state index in [9.17, 15) is 16.8 Å². The molecule has 1 aliphatic heterocycles. The van der Waals surface area contributed by atoms with E-state index in [1.54, 1.807) is 4.68 Å². The van der Waals surface area contributed by atoms with Crippen LogP contribution in [0.1, 0.15) is 30.8 Å². The van der Waals surface area contributed by atoms with Gasteiger partial charge in [0.25, 0.3) is 10.0 Å². The normalized spacial score (nSPS) is 15.5. The minimum atomic E-state index is -3.70. The Morgan fingerprint density at radius 1 is 0.968 bits per heavy atom. The Morgan fingerprint density at radius 2 is 1.71 bits per heavy atom. The summed E-state index contributed by atoms with van der Waals surface area (Å²) in [6, 6.07) is 12.1. The van der Waals surface area contributed by atoms with Crippen molar-refractivity contribution in [2.45, 2.75) is 36.5 Å². The predicted molar refractivity (Wildman–Crippen MR) is 112 cm³/mol. The molecule has 0 spiro atoms. The third kappa shape index (κ3) is 5.02. The summed E-state index contributed by atoms with van der Waals surface area (Å²) in [5, 5.41) is 11.4. The molecule has 0 radical (unpaired) electrons. The molecule has 10 nitrogen and oxygen atoms in total. The van der Waals surface area contributed by atoms with E-state index in [1.807, 2.05) is 30.3 Å². The Bertz CT molecular complexity index is 1230. The third-order valence-electron chi connectivity index (χ3n) is 5.05. The van der Waals surface area contributed by atoms with Crippen molar-refractivity contribution in [3.05, 3.63) is 54.0 Å². The molecule has 0 N–H and O–H groups in total. The van der Waals surface area contributed by atoms with Crippen LogP contribution < -0.4 is 0 Å². The van der Waals surface area contributed by atoms with Gasteiger partial charge in [0.05, 0.1) is 11.4 Å². The van der Waals surface area contributed by atoms with Crippen LogP contribution in [-0.2, 0) is 32.0 Å². The molecular formula is C19H23N5O5S2. The van der Waals surface area contributed by atoms with Crippen molar-refractivity contribution in [3.8, 4) is 5.69 Å². The highest BCUT2D eigenvalue weighted by atomic mass is 32.2. The van der Waals surface area contributed by atoms with Gasteiger partial charge in [-0.15, -0.1) is 5.10 Å². The first-order valence-corrected chi connectivity index (χ1v) is 13.2. The van der Waals surface area contributed by atoms with Crippen LogP contribution in [0.2, 0.25) is 0 Å². The molecule has 0 aliphatic carbocycles. The maximum absolute atomic E-state index is 12.5. The van der Waals surface area contributed by atoms with Crippen molar-refractivity contribution in [3.63, 3.8) is 0 Å². The molecule has 2 aromatic heterocycles. The zero-order valence-corrected chi connectivity index (χ0v) is 18.4. The van der Waals surface area contributed by atoms with Crippen molar-refractivity contribution >= 4 is 19.9 Å². The van der Waals surface area contributed by atoms with Crippen LogP contribution in [0.3, 0.4) is 0 Å². The van der Waals surface area contributed by atoms with Gasteiger partial charge in [0.2, 0.25) is 5.09 Å². The van der Waals surface area contributed by atoms with Crippen LogP contribution in [0.5, 0.6) is 0 Å². The van der Waals surface area contributed by atoms with Crippen molar-refractivity contribution in [2.24, 2.45) is 0 Å². The topological polar surface area (TPSA) is 128 Å². The van der Waals surface area contributed by atoms with Gasteiger partial charge in [-0.2, -0.15) is 8.99 Å². The fraction of sp³-hybridized carbons (Fsp3) is 0.421. The number of aromatic nitrogens is 4. The lowest BCUT2D eigenvalue weighted by molar-refractivity contribution is 0.395. The van der Waals surface area contributed by atoms with Gasteiger partial charge >= 0.3 is 0 Å². The van der Waals surface area contributed by atoms with E-state index < -0.39 is 19.9 Å². The van der Waals surface area contributed by atoms with Gasteiger partial charge in [0.15, 0.2) is 15.7 Å².